The van der Waals surface area contributed by atoms with Gasteiger partial charge in [0.25, 0.3) is 0 Å². The van der Waals surface area contributed by atoms with Gasteiger partial charge in [0.1, 0.15) is 0 Å². The zero-order chi connectivity index (χ0) is 14.4. The number of hydrogen-bond donors (Lipinski definition) is 2. The lowest BCUT2D eigenvalue weighted by Crippen LogP contribution is -2.48. The van der Waals surface area contributed by atoms with Gasteiger partial charge in [-0.05, 0) is 33.6 Å². The molecule has 18 heavy (non-hydrogen) atoms. The Hall–Kier alpha value is -0.770. The van der Waals surface area contributed by atoms with Crippen LogP contribution in [-0.2, 0) is 0 Å². The molecule has 0 fully saturated rings. The second kappa shape index (κ2) is 12.7. The summed E-state index contributed by atoms with van der Waals surface area (Å²) in [5.74, 6) is 0. The molecule has 0 spiro atoms. The topological polar surface area (TPSA) is 57.5 Å². The molecule has 0 amide bonds. The summed E-state index contributed by atoms with van der Waals surface area (Å²) < 4.78 is 1.33. The minimum absolute atomic E-state index is 1.31. The SMILES string of the molecule is CCCCCCC[N+](CC)(CC)CC.O=C(O)O. The Morgan fingerprint density at radius 3 is 1.56 bits per heavy atom. The zero-order valence-corrected chi connectivity index (χ0v) is 12.6. The van der Waals surface area contributed by atoms with E-state index in [0.29, 0.717) is 0 Å². The van der Waals surface area contributed by atoms with Crippen LogP contribution in [0.4, 0.5) is 4.79 Å². The molecule has 0 radical (unpaired) electrons. The molecule has 0 atom stereocenters. The minimum atomic E-state index is -1.83. The molecule has 0 saturated carbocycles. The van der Waals surface area contributed by atoms with E-state index in [1.165, 1.54) is 62.8 Å². The molecule has 110 valence electrons. The summed E-state index contributed by atoms with van der Waals surface area (Å²) in [4.78, 5) is 8.56. The Balaban J connectivity index is 0. The third kappa shape index (κ3) is 11.7. The minimum Gasteiger partial charge on any atom is -0.450 e. The third-order valence-corrected chi connectivity index (χ3v) is 3.75. The van der Waals surface area contributed by atoms with Gasteiger partial charge in [0, 0.05) is 0 Å². The first-order valence-corrected chi connectivity index (χ1v) is 7.24. The van der Waals surface area contributed by atoms with Crippen LogP contribution in [0.5, 0.6) is 0 Å². The predicted octanol–water partition coefficient (Wildman–Crippen LogP) is 4.06. The molecule has 4 heteroatoms. The molecule has 0 rings (SSSR count). The highest BCUT2D eigenvalue weighted by molar-refractivity contribution is 5.53. The van der Waals surface area contributed by atoms with Gasteiger partial charge in [0.15, 0.2) is 0 Å². The van der Waals surface area contributed by atoms with Crippen LogP contribution in [0.2, 0.25) is 0 Å². The molecule has 0 aromatic carbocycles. The first kappa shape index (κ1) is 19.6. The molecule has 2 N–H and O–H groups in total. The number of unbranched alkanes of at least 4 members (excludes halogenated alkanes) is 4. The third-order valence-electron chi connectivity index (χ3n) is 3.75. The van der Waals surface area contributed by atoms with Gasteiger partial charge < -0.3 is 14.7 Å². The fraction of sp³-hybridized carbons (Fsp3) is 0.929. The first-order valence-electron chi connectivity index (χ1n) is 7.24. The molecule has 0 heterocycles. The van der Waals surface area contributed by atoms with Crippen molar-refractivity contribution in [1.29, 1.82) is 0 Å². The average Bonchev–Trinajstić information content (AvgIpc) is 2.34. The van der Waals surface area contributed by atoms with Crippen molar-refractivity contribution in [3.05, 3.63) is 0 Å². The summed E-state index contributed by atoms with van der Waals surface area (Å²) in [7, 11) is 0. The monoisotopic (exact) mass is 262 g/mol. The number of carbonyl (C=O) groups is 1. The van der Waals surface area contributed by atoms with E-state index in [1.807, 2.05) is 0 Å². The van der Waals surface area contributed by atoms with Gasteiger partial charge in [-0.1, -0.05) is 26.2 Å². The molecule has 0 aliphatic carbocycles. The van der Waals surface area contributed by atoms with Crippen molar-refractivity contribution in [3.8, 4) is 0 Å². The zero-order valence-electron chi connectivity index (χ0n) is 12.6. The summed E-state index contributed by atoms with van der Waals surface area (Å²) >= 11 is 0. The van der Waals surface area contributed by atoms with Crippen molar-refractivity contribution in [2.24, 2.45) is 0 Å². The van der Waals surface area contributed by atoms with Crippen LogP contribution in [0.3, 0.4) is 0 Å². The van der Waals surface area contributed by atoms with Gasteiger partial charge in [0.05, 0.1) is 26.2 Å². The summed E-state index contributed by atoms with van der Waals surface area (Å²) in [5, 5.41) is 13.9. The maximum Gasteiger partial charge on any atom is 0.503 e. The Kier molecular flexibility index (Phi) is 13.8. The van der Waals surface area contributed by atoms with E-state index < -0.39 is 6.16 Å². The van der Waals surface area contributed by atoms with Gasteiger partial charge in [-0.2, -0.15) is 0 Å². The van der Waals surface area contributed by atoms with E-state index in [1.54, 1.807) is 0 Å². The van der Waals surface area contributed by atoms with Crippen LogP contribution >= 0.6 is 0 Å². The highest BCUT2D eigenvalue weighted by Crippen LogP contribution is 2.10. The van der Waals surface area contributed by atoms with Gasteiger partial charge in [0.2, 0.25) is 0 Å². The Bertz CT molecular complexity index is 179. The van der Waals surface area contributed by atoms with Gasteiger partial charge in [-0.25, -0.2) is 4.79 Å². The smallest absolute Gasteiger partial charge is 0.450 e. The molecule has 0 saturated heterocycles. The van der Waals surface area contributed by atoms with E-state index >= 15 is 0 Å². The highest BCUT2D eigenvalue weighted by atomic mass is 16.6. The number of carboxylic acid groups (broad SMARTS) is 2. The molecule has 0 bridgehead atoms. The summed E-state index contributed by atoms with van der Waals surface area (Å²) in [5.41, 5.74) is 0. The van der Waals surface area contributed by atoms with Crippen molar-refractivity contribution < 1.29 is 19.5 Å². The quantitative estimate of drug-likeness (QED) is 0.486. The lowest BCUT2D eigenvalue weighted by atomic mass is 10.1. The van der Waals surface area contributed by atoms with Crippen LogP contribution in [0.1, 0.15) is 59.8 Å². The molecule has 4 nitrogen and oxygen atoms in total. The maximum absolute atomic E-state index is 8.56. The van der Waals surface area contributed by atoms with Crippen LogP contribution < -0.4 is 0 Å². The lowest BCUT2D eigenvalue weighted by molar-refractivity contribution is -0.923. The molecule has 0 aromatic rings. The van der Waals surface area contributed by atoms with Crippen LogP contribution in [-0.4, -0.2) is 47.0 Å². The number of rotatable bonds is 9. The largest absolute Gasteiger partial charge is 0.503 e. The van der Waals surface area contributed by atoms with Crippen LogP contribution in [0.15, 0.2) is 0 Å². The maximum atomic E-state index is 8.56. The molecular weight excluding hydrogens is 230 g/mol. The van der Waals surface area contributed by atoms with Crippen molar-refractivity contribution in [2.75, 3.05) is 26.2 Å². The predicted molar refractivity (Wildman–Crippen MR) is 76.2 cm³/mol. The fourth-order valence-electron chi connectivity index (χ4n) is 2.20. The first-order chi connectivity index (χ1) is 8.47. The number of hydrogen-bond acceptors (Lipinski definition) is 1. The van der Waals surface area contributed by atoms with Gasteiger partial charge in [-0.3, -0.25) is 0 Å². The summed E-state index contributed by atoms with van der Waals surface area (Å²) in [6.45, 7) is 14.6. The Labute approximate surface area is 112 Å². The highest BCUT2D eigenvalue weighted by Gasteiger charge is 2.19. The second-order valence-corrected chi connectivity index (χ2v) is 4.71. The molecule has 0 aliphatic rings. The van der Waals surface area contributed by atoms with Crippen molar-refractivity contribution >= 4 is 6.16 Å². The summed E-state index contributed by atoms with van der Waals surface area (Å²) in [6, 6.07) is 0. The van der Waals surface area contributed by atoms with Crippen molar-refractivity contribution in [1.82, 2.24) is 0 Å². The lowest BCUT2D eigenvalue weighted by Gasteiger charge is -2.35. The van der Waals surface area contributed by atoms with E-state index in [2.05, 4.69) is 27.7 Å². The molecule has 0 aromatic heterocycles. The average molecular weight is 262 g/mol. The second-order valence-electron chi connectivity index (χ2n) is 4.71. The van der Waals surface area contributed by atoms with Gasteiger partial charge in [-0.15, -0.1) is 0 Å². The molecular formula is C14H32NO3+. The molecule has 0 unspecified atom stereocenters. The van der Waals surface area contributed by atoms with E-state index in [4.69, 9.17) is 15.0 Å². The normalized spacial score (nSPS) is 10.7. The van der Waals surface area contributed by atoms with Crippen LogP contribution in [0, 0.1) is 0 Å². The fourth-order valence-corrected chi connectivity index (χ4v) is 2.20. The standard InChI is InChI=1S/C13H30N.CH2O3/c1-5-9-10-11-12-13-14(6-2,7-3)8-4;2-1(3)4/h5-13H2,1-4H3;(H2,2,3,4)/q+1;. The van der Waals surface area contributed by atoms with Crippen LogP contribution in [0.25, 0.3) is 0 Å². The summed E-state index contributed by atoms with van der Waals surface area (Å²) in [6.07, 6.45) is 5.25. The molecule has 0 aliphatic heterocycles. The van der Waals surface area contributed by atoms with E-state index in [-0.39, 0.29) is 0 Å². The number of nitrogens with zero attached hydrogens (tertiary/aromatic N) is 1. The van der Waals surface area contributed by atoms with Gasteiger partial charge >= 0.3 is 6.16 Å². The van der Waals surface area contributed by atoms with Crippen molar-refractivity contribution in [2.45, 2.75) is 59.8 Å². The Morgan fingerprint density at radius 2 is 1.22 bits per heavy atom. The van der Waals surface area contributed by atoms with Crippen molar-refractivity contribution in [3.63, 3.8) is 0 Å². The number of quaternary nitrogens is 1. The van der Waals surface area contributed by atoms with E-state index in [9.17, 15) is 0 Å². The van der Waals surface area contributed by atoms with E-state index in [0.717, 1.165) is 0 Å². The Morgan fingerprint density at radius 1 is 0.833 bits per heavy atom.